The van der Waals surface area contributed by atoms with Crippen molar-refractivity contribution in [1.29, 1.82) is 0 Å². The SMILES string of the molecule is CC1(C)c2ccccc2-c2ccc(-n3c4ccccc4c4cc(-c5ccc6c(c5)c5ccccc5n6-c5ccc6c7ccccc7c7ccccc7c6c5)ccc43)cc21. The topological polar surface area (TPSA) is 9.86 Å². The van der Waals surface area contributed by atoms with Gasteiger partial charge in [0.05, 0.1) is 22.1 Å². The molecule has 0 amide bonds. The van der Waals surface area contributed by atoms with Gasteiger partial charge in [0, 0.05) is 38.3 Å². The molecule has 0 aliphatic heterocycles. The van der Waals surface area contributed by atoms with Gasteiger partial charge in [0.2, 0.25) is 0 Å². The van der Waals surface area contributed by atoms with Crippen LogP contribution in [-0.2, 0) is 5.41 Å². The van der Waals surface area contributed by atoms with E-state index in [0.717, 1.165) is 0 Å². The second-order valence-electron chi connectivity index (χ2n) is 16.9. The lowest BCUT2D eigenvalue weighted by Gasteiger charge is -2.22. The van der Waals surface area contributed by atoms with Gasteiger partial charge in [-0.3, -0.25) is 0 Å². The summed E-state index contributed by atoms with van der Waals surface area (Å²) in [4.78, 5) is 0. The van der Waals surface area contributed by atoms with Crippen LogP contribution in [-0.4, -0.2) is 9.13 Å². The molecular weight excluding hydrogens is 713 g/mol. The van der Waals surface area contributed by atoms with Crippen molar-refractivity contribution < 1.29 is 0 Å². The summed E-state index contributed by atoms with van der Waals surface area (Å²) in [6.45, 7) is 4.72. The normalized spacial score (nSPS) is 13.4. The van der Waals surface area contributed by atoms with Gasteiger partial charge in [-0.1, -0.05) is 147 Å². The van der Waals surface area contributed by atoms with Crippen molar-refractivity contribution in [1.82, 2.24) is 9.13 Å². The van der Waals surface area contributed by atoms with Gasteiger partial charge in [0.1, 0.15) is 0 Å². The Morgan fingerprint density at radius 2 is 0.712 bits per heavy atom. The highest BCUT2D eigenvalue weighted by Gasteiger charge is 2.35. The van der Waals surface area contributed by atoms with Gasteiger partial charge in [-0.05, 0) is 126 Å². The molecule has 0 unspecified atom stereocenters. The Hall–Kier alpha value is -7.42. The molecule has 1 aliphatic carbocycles. The molecule has 0 saturated heterocycles. The Morgan fingerprint density at radius 3 is 1.31 bits per heavy atom. The minimum Gasteiger partial charge on any atom is -0.309 e. The Kier molecular flexibility index (Phi) is 6.54. The fourth-order valence-electron chi connectivity index (χ4n) is 10.7. The summed E-state index contributed by atoms with van der Waals surface area (Å²) in [6, 6.07) is 72.4. The molecule has 2 heteroatoms. The van der Waals surface area contributed by atoms with Crippen LogP contribution in [0, 0.1) is 0 Å². The third-order valence-corrected chi connectivity index (χ3v) is 13.5. The van der Waals surface area contributed by atoms with Crippen LogP contribution in [0.5, 0.6) is 0 Å². The van der Waals surface area contributed by atoms with E-state index in [1.807, 2.05) is 0 Å². The standard InChI is InChI=1S/C57H38N2/c1-57(2)51-20-10-7-17-44(51)45-28-26-38(34-52(45)57)59-54-22-12-9-19-47(54)50-32-36(24-30-56(50)59)35-23-29-55-49(31-35)46-18-8-11-21-53(46)58(55)37-25-27-43-41-15-4-3-13-39(41)40-14-5-6-16-42(40)48(43)33-37/h3-34H,1-2H3. The minimum atomic E-state index is -0.0623. The summed E-state index contributed by atoms with van der Waals surface area (Å²) in [5, 5.41) is 12.8. The second-order valence-corrected chi connectivity index (χ2v) is 16.9. The summed E-state index contributed by atoms with van der Waals surface area (Å²) < 4.78 is 4.91. The predicted octanol–water partition coefficient (Wildman–Crippen LogP) is 15.3. The summed E-state index contributed by atoms with van der Waals surface area (Å²) >= 11 is 0. The Balaban J connectivity index is 0.971. The van der Waals surface area contributed by atoms with Crippen molar-refractivity contribution in [2.45, 2.75) is 19.3 Å². The molecule has 0 atom stereocenters. The highest BCUT2D eigenvalue weighted by molar-refractivity contribution is 6.25. The molecule has 0 fully saturated rings. The largest absolute Gasteiger partial charge is 0.309 e. The first-order chi connectivity index (χ1) is 29.0. The molecule has 2 nitrogen and oxygen atoms in total. The van der Waals surface area contributed by atoms with Gasteiger partial charge in [0.25, 0.3) is 0 Å². The lowest BCUT2D eigenvalue weighted by Crippen LogP contribution is -2.15. The highest BCUT2D eigenvalue weighted by Crippen LogP contribution is 2.50. The number of hydrogen-bond donors (Lipinski definition) is 0. The number of para-hydroxylation sites is 2. The maximum absolute atomic E-state index is 2.46. The van der Waals surface area contributed by atoms with E-state index in [4.69, 9.17) is 0 Å². The molecule has 13 rings (SSSR count). The molecule has 0 N–H and O–H groups in total. The van der Waals surface area contributed by atoms with Gasteiger partial charge < -0.3 is 9.13 Å². The van der Waals surface area contributed by atoms with Crippen LogP contribution < -0.4 is 0 Å². The number of aromatic nitrogens is 2. The van der Waals surface area contributed by atoms with Gasteiger partial charge in [-0.2, -0.15) is 0 Å². The number of nitrogens with zero attached hydrogens (tertiary/aromatic N) is 2. The molecule has 2 heterocycles. The zero-order valence-corrected chi connectivity index (χ0v) is 32.9. The lowest BCUT2D eigenvalue weighted by molar-refractivity contribution is 0.660. The summed E-state index contributed by atoms with van der Waals surface area (Å²) in [6.07, 6.45) is 0. The molecule has 0 saturated carbocycles. The van der Waals surface area contributed by atoms with E-state index in [9.17, 15) is 0 Å². The maximum atomic E-state index is 2.46. The van der Waals surface area contributed by atoms with Crippen LogP contribution in [0.4, 0.5) is 0 Å². The molecule has 2 aromatic heterocycles. The Bertz CT molecular complexity index is 3730. The second kappa shape index (κ2) is 11.8. The molecular formula is C57H38N2. The van der Waals surface area contributed by atoms with E-state index >= 15 is 0 Å². The molecule has 59 heavy (non-hydrogen) atoms. The van der Waals surface area contributed by atoms with Gasteiger partial charge in [-0.25, -0.2) is 0 Å². The van der Waals surface area contributed by atoms with Crippen LogP contribution in [0.3, 0.4) is 0 Å². The maximum Gasteiger partial charge on any atom is 0.0541 e. The molecule has 0 bridgehead atoms. The lowest BCUT2D eigenvalue weighted by atomic mass is 9.82. The van der Waals surface area contributed by atoms with Crippen LogP contribution >= 0.6 is 0 Å². The summed E-state index contributed by atoms with van der Waals surface area (Å²) in [5.74, 6) is 0. The van der Waals surface area contributed by atoms with Crippen molar-refractivity contribution >= 4 is 75.9 Å². The average molecular weight is 751 g/mol. The number of hydrogen-bond acceptors (Lipinski definition) is 0. The van der Waals surface area contributed by atoms with Crippen LogP contribution in [0.2, 0.25) is 0 Å². The van der Waals surface area contributed by atoms with Crippen molar-refractivity contribution in [3.8, 4) is 33.6 Å². The van der Waals surface area contributed by atoms with Gasteiger partial charge in [0.15, 0.2) is 0 Å². The van der Waals surface area contributed by atoms with E-state index in [2.05, 4.69) is 217 Å². The number of benzene rings is 10. The van der Waals surface area contributed by atoms with E-state index in [1.165, 1.54) is 121 Å². The van der Waals surface area contributed by atoms with Crippen LogP contribution in [0.25, 0.3) is 110 Å². The first-order valence-corrected chi connectivity index (χ1v) is 20.7. The highest BCUT2D eigenvalue weighted by atomic mass is 15.0. The summed E-state index contributed by atoms with van der Waals surface area (Å²) in [7, 11) is 0. The third-order valence-electron chi connectivity index (χ3n) is 13.5. The smallest absolute Gasteiger partial charge is 0.0541 e. The molecule has 276 valence electrons. The van der Waals surface area contributed by atoms with Crippen molar-refractivity contribution in [2.75, 3.05) is 0 Å². The van der Waals surface area contributed by atoms with Crippen LogP contribution in [0.1, 0.15) is 25.0 Å². The molecule has 0 spiro atoms. The quantitative estimate of drug-likeness (QED) is 0.159. The molecule has 0 radical (unpaired) electrons. The fraction of sp³-hybridized carbons (Fsp3) is 0.0526. The molecule has 1 aliphatic rings. The van der Waals surface area contributed by atoms with Gasteiger partial charge in [-0.15, -0.1) is 0 Å². The van der Waals surface area contributed by atoms with E-state index in [-0.39, 0.29) is 5.41 Å². The zero-order valence-electron chi connectivity index (χ0n) is 32.9. The van der Waals surface area contributed by atoms with E-state index < -0.39 is 0 Å². The fourth-order valence-corrected chi connectivity index (χ4v) is 10.7. The van der Waals surface area contributed by atoms with Crippen molar-refractivity contribution in [3.63, 3.8) is 0 Å². The first-order valence-electron chi connectivity index (χ1n) is 20.7. The Morgan fingerprint density at radius 1 is 0.288 bits per heavy atom. The molecule has 12 aromatic rings. The van der Waals surface area contributed by atoms with Crippen molar-refractivity contribution in [3.05, 3.63) is 205 Å². The van der Waals surface area contributed by atoms with E-state index in [1.54, 1.807) is 0 Å². The van der Waals surface area contributed by atoms with Crippen LogP contribution in [0.15, 0.2) is 194 Å². The summed E-state index contributed by atoms with van der Waals surface area (Å²) in [5.41, 5.74) is 15.1. The monoisotopic (exact) mass is 750 g/mol. The van der Waals surface area contributed by atoms with Gasteiger partial charge >= 0.3 is 0 Å². The van der Waals surface area contributed by atoms with Crippen molar-refractivity contribution in [2.24, 2.45) is 0 Å². The first kappa shape index (κ1) is 32.6. The average Bonchev–Trinajstić information content (AvgIpc) is 3.88. The minimum absolute atomic E-state index is 0.0623. The number of rotatable bonds is 3. The third kappa shape index (κ3) is 4.46. The molecule has 10 aromatic carbocycles. The predicted molar refractivity (Wildman–Crippen MR) is 251 cm³/mol. The Labute approximate surface area is 341 Å². The zero-order chi connectivity index (χ0) is 39.0. The van der Waals surface area contributed by atoms with E-state index in [0.29, 0.717) is 0 Å². The number of fused-ring (bicyclic) bond motifs is 15.